The van der Waals surface area contributed by atoms with Crippen molar-refractivity contribution in [1.29, 1.82) is 0 Å². The Morgan fingerprint density at radius 2 is 1.92 bits per heavy atom. The molecule has 0 spiro atoms. The van der Waals surface area contributed by atoms with Gasteiger partial charge in [-0.05, 0) is 85.0 Å². The molecule has 2 aliphatic rings. The summed E-state index contributed by atoms with van der Waals surface area (Å²) in [5, 5.41) is 4.50. The van der Waals surface area contributed by atoms with Gasteiger partial charge in [0.15, 0.2) is 0 Å². The molecule has 2 aromatic heterocycles. The van der Waals surface area contributed by atoms with Crippen molar-refractivity contribution in [2.24, 2.45) is 0 Å². The van der Waals surface area contributed by atoms with Crippen molar-refractivity contribution in [2.75, 3.05) is 13.4 Å². The first-order valence-electron chi connectivity index (χ1n) is 12.8. The van der Waals surface area contributed by atoms with Crippen LogP contribution in [0.4, 0.5) is 4.79 Å². The largest absolute Gasteiger partial charge is 0.497 e. The lowest BCUT2D eigenvalue weighted by molar-refractivity contribution is 0.180. The summed E-state index contributed by atoms with van der Waals surface area (Å²) in [7, 11) is 1.66. The van der Waals surface area contributed by atoms with E-state index in [0.29, 0.717) is 13.1 Å². The number of hydrogen-bond donors (Lipinski definition) is 1. The van der Waals surface area contributed by atoms with Crippen molar-refractivity contribution in [3.05, 3.63) is 99.7 Å². The molecular formula is C30H31N3O2S2. The van der Waals surface area contributed by atoms with Crippen molar-refractivity contribution in [2.45, 2.75) is 49.7 Å². The molecule has 190 valence electrons. The molecule has 0 unspecified atom stereocenters. The molecule has 1 aliphatic heterocycles. The van der Waals surface area contributed by atoms with Crippen LogP contribution in [0.3, 0.4) is 0 Å². The highest BCUT2D eigenvalue weighted by Gasteiger charge is 2.36. The lowest BCUT2D eigenvalue weighted by Crippen LogP contribution is -2.41. The number of thiophene rings is 1. The van der Waals surface area contributed by atoms with Gasteiger partial charge in [0.1, 0.15) is 10.8 Å². The zero-order valence-corrected chi connectivity index (χ0v) is 22.8. The molecule has 4 aromatic rings. The minimum Gasteiger partial charge on any atom is -0.497 e. The van der Waals surface area contributed by atoms with Gasteiger partial charge in [0, 0.05) is 28.1 Å². The van der Waals surface area contributed by atoms with Gasteiger partial charge < -0.3 is 19.5 Å². The van der Waals surface area contributed by atoms with Gasteiger partial charge in [0.2, 0.25) is 0 Å². The highest BCUT2D eigenvalue weighted by Crippen LogP contribution is 2.44. The Balaban J connectivity index is 1.41. The van der Waals surface area contributed by atoms with E-state index in [-0.39, 0.29) is 12.1 Å². The van der Waals surface area contributed by atoms with E-state index in [2.05, 4.69) is 58.7 Å². The van der Waals surface area contributed by atoms with Crippen LogP contribution in [0, 0.1) is 0 Å². The smallest absolute Gasteiger partial charge is 0.318 e. The Kier molecular flexibility index (Phi) is 6.74. The number of aryl methyl sites for hydroxylation is 1. The first-order valence-corrected chi connectivity index (χ1v) is 14.8. The van der Waals surface area contributed by atoms with E-state index in [1.165, 1.54) is 38.7 Å². The summed E-state index contributed by atoms with van der Waals surface area (Å²) < 4.78 is 7.71. The van der Waals surface area contributed by atoms with Gasteiger partial charge in [-0.1, -0.05) is 24.3 Å². The van der Waals surface area contributed by atoms with Crippen molar-refractivity contribution in [3.8, 4) is 10.8 Å². The molecule has 0 bridgehead atoms. The average molecular weight is 530 g/mol. The van der Waals surface area contributed by atoms with E-state index in [9.17, 15) is 4.79 Å². The maximum absolute atomic E-state index is 14.0. The third-order valence-corrected chi connectivity index (χ3v) is 9.53. The van der Waals surface area contributed by atoms with Crippen molar-refractivity contribution >= 4 is 29.1 Å². The maximum atomic E-state index is 14.0. The van der Waals surface area contributed by atoms with Gasteiger partial charge in [-0.15, -0.1) is 23.1 Å². The van der Waals surface area contributed by atoms with Crippen molar-refractivity contribution in [3.63, 3.8) is 0 Å². The molecule has 2 aromatic carbocycles. The second kappa shape index (κ2) is 10.3. The zero-order valence-electron chi connectivity index (χ0n) is 21.2. The molecule has 0 saturated carbocycles. The second-order valence-corrected chi connectivity index (χ2v) is 11.6. The van der Waals surface area contributed by atoms with E-state index < -0.39 is 0 Å². The van der Waals surface area contributed by atoms with E-state index in [4.69, 9.17) is 4.74 Å². The molecule has 1 atom stereocenters. The minimum absolute atomic E-state index is 0.0573. The number of aromatic nitrogens is 1. The van der Waals surface area contributed by atoms with Crippen molar-refractivity contribution in [1.82, 2.24) is 14.8 Å². The highest BCUT2D eigenvalue weighted by molar-refractivity contribution is 7.98. The first kappa shape index (κ1) is 24.2. The quantitative estimate of drug-likeness (QED) is 0.284. The summed E-state index contributed by atoms with van der Waals surface area (Å²) in [5.41, 5.74) is 6.05. The third-order valence-electron chi connectivity index (χ3n) is 7.45. The Morgan fingerprint density at radius 3 is 2.73 bits per heavy atom. The molecule has 0 radical (unpaired) electrons. The minimum atomic E-state index is -0.185. The molecular weight excluding hydrogens is 498 g/mol. The number of amides is 2. The highest BCUT2D eigenvalue weighted by atomic mass is 32.2. The van der Waals surface area contributed by atoms with Gasteiger partial charge in [-0.2, -0.15) is 0 Å². The van der Waals surface area contributed by atoms with Gasteiger partial charge in [0.25, 0.3) is 0 Å². The van der Waals surface area contributed by atoms with Crippen molar-refractivity contribution < 1.29 is 9.53 Å². The summed E-state index contributed by atoms with van der Waals surface area (Å²) in [5.74, 6) is 0.792. The number of ether oxygens (including phenoxy) is 1. The summed E-state index contributed by atoms with van der Waals surface area (Å²) in [6.07, 6.45) is 8.97. The second-order valence-electron chi connectivity index (χ2n) is 9.61. The van der Waals surface area contributed by atoms with Crippen LogP contribution in [0.25, 0.3) is 5.00 Å². The fourth-order valence-electron chi connectivity index (χ4n) is 5.59. The predicted molar refractivity (Wildman–Crippen MR) is 151 cm³/mol. The molecule has 37 heavy (non-hydrogen) atoms. The van der Waals surface area contributed by atoms with E-state index >= 15 is 0 Å². The summed E-state index contributed by atoms with van der Waals surface area (Å²) in [6, 6.07) is 20.6. The van der Waals surface area contributed by atoms with Crippen LogP contribution >= 0.6 is 23.1 Å². The standard InChI is InChI=1S/C30H31N3O2S2/c1-35-22-8-5-7-20(17-22)18-31-30(34)33-19-25-24-9-3-4-11-27(24)37-29(25)32-16-6-10-26(32)28(33)21-12-14-23(36-2)15-13-21/h5-8,10,12-17,28H,3-4,9,11,18-19H2,1-2H3,(H,31,34)/t28-/m1/s1. The number of carbonyl (C=O) groups is 1. The average Bonchev–Trinajstić information content (AvgIpc) is 3.54. The Labute approximate surface area is 226 Å². The molecule has 2 amide bonds. The Bertz CT molecular complexity index is 1420. The lowest BCUT2D eigenvalue weighted by Gasteiger charge is -2.31. The van der Waals surface area contributed by atoms with Gasteiger partial charge >= 0.3 is 6.03 Å². The topological polar surface area (TPSA) is 46.5 Å². The van der Waals surface area contributed by atoms with Crippen LogP contribution in [-0.2, 0) is 25.9 Å². The number of nitrogens with one attached hydrogen (secondary N) is 1. The molecule has 1 aliphatic carbocycles. The monoisotopic (exact) mass is 529 g/mol. The number of benzene rings is 2. The van der Waals surface area contributed by atoms with Crippen LogP contribution in [0.2, 0.25) is 0 Å². The normalized spacial score (nSPS) is 16.4. The van der Waals surface area contributed by atoms with Crippen LogP contribution in [0.15, 0.2) is 71.8 Å². The van der Waals surface area contributed by atoms with Gasteiger partial charge in [0.05, 0.1) is 25.4 Å². The summed E-state index contributed by atoms with van der Waals surface area (Å²) in [6.45, 7) is 1.04. The number of nitrogens with zero attached hydrogens (tertiary/aromatic N) is 2. The number of thioether (sulfide) groups is 1. The number of urea groups is 1. The molecule has 0 fully saturated rings. The fourth-order valence-corrected chi connectivity index (χ4v) is 7.40. The van der Waals surface area contributed by atoms with Crippen LogP contribution in [0.1, 0.15) is 51.7 Å². The van der Waals surface area contributed by atoms with Gasteiger partial charge in [-0.25, -0.2) is 4.79 Å². The van der Waals surface area contributed by atoms with Crippen LogP contribution in [-0.4, -0.2) is 28.9 Å². The predicted octanol–water partition coefficient (Wildman–Crippen LogP) is 6.96. The first-order chi connectivity index (χ1) is 18.2. The van der Waals surface area contributed by atoms with Gasteiger partial charge in [-0.3, -0.25) is 0 Å². The molecule has 7 heteroatoms. The number of rotatable bonds is 5. The molecule has 3 heterocycles. The SMILES string of the molecule is COc1cccc(CNC(=O)N2Cc3c(sc4c3CCCC4)-n3cccc3[C@H]2c2ccc(SC)cc2)c1. The van der Waals surface area contributed by atoms with Crippen LogP contribution < -0.4 is 10.1 Å². The lowest BCUT2D eigenvalue weighted by atomic mass is 9.95. The molecule has 0 saturated heterocycles. The van der Waals surface area contributed by atoms with Crippen LogP contribution in [0.5, 0.6) is 5.75 Å². The Morgan fingerprint density at radius 1 is 1.08 bits per heavy atom. The summed E-state index contributed by atoms with van der Waals surface area (Å²) in [4.78, 5) is 18.7. The number of carbonyl (C=O) groups excluding carboxylic acids is 1. The fraction of sp³-hybridized carbons (Fsp3) is 0.300. The summed E-state index contributed by atoms with van der Waals surface area (Å²) >= 11 is 3.65. The Hall–Kier alpha value is -3.16. The van der Waals surface area contributed by atoms with E-state index in [1.54, 1.807) is 18.9 Å². The number of fused-ring (bicyclic) bond motifs is 5. The van der Waals surface area contributed by atoms with E-state index in [0.717, 1.165) is 35.4 Å². The van der Waals surface area contributed by atoms with E-state index in [1.807, 2.05) is 40.5 Å². The number of hydrogen-bond acceptors (Lipinski definition) is 4. The molecule has 5 nitrogen and oxygen atoms in total. The third kappa shape index (κ3) is 4.55. The zero-order chi connectivity index (χ0) is 25.4. The molecule has 1 N–H and O–H groups in total. The maximum Gasteiger partial charge on any atom is 0.318 e. The number of methoxy groups -OCH3 is 1. The molecule has 6 rings (SSSR count).